The molecule has 0 saturated heterocycles. The molecule has 1 amide bonds. The van der Waals surface area contributed by atoms with Gasteiger partial charge in [-0.3, -0.25) is 4.79 Å². The van der Waals surface area contributed by atoms with Gasteiger partial charge in [0.2, 0.25) is 5.91 Å². The van der Waals surface area contributed by atoms with E-state index in [0.29, 0.717) is 19.0 Å². The number of hydrogen-bond donors (Lipinski definition) is 1. The number of carbonyl (C=O) groups excluding carboxylic acids is 1. The molecule has 5 heteroatoms. The van der Waals surface area contributed by atoms with Crippen LogP contribution in [0.25, 0.3) is 0 Å². The zero-order valence-corrected chi connectivity index (χ0v) is 15.8. The minimum Gasteiger partial charge on any atom is -0.494 e. The van der Waals surface area contributed by atoms with E-state index < -0.39 is 0 Å². The average Bonchev–Trinajstić information content (AvgIpc) is 2.59. The Hall–Kier alpha value is -2.14. The van der Waals surface area contributed by atoms with Crippen molar-refractivity contribution in [2.75, 3.05) is 30.0 Å². The molecule has 0 heterocycles. The topological polar surface area (TPSA) is 47.6 Å². The SMILES string of the molecule is CCOc1ccc(OCCSCC(=O)Nc2cc(C)ccc2C)cc1. The Morgan fingerprint density at radius 3 is 2.40 bits per heavy atom. The molecule has 2 aromatic rings. The predicted molar refractivity (Wildman–Crippen MR) is 105 cm³/mol. The van der Waals surface area contributed by atoms with Crippen molar-refractivity contribution in [3.05, 3.63) is 53.6 Å². The number of aryl methyl sites for hydroxylation is 2. The third-order valence-electron chi connectivity index (χ3n) is 3.53. The smallest absolute Gasteiger partial charge is 0.234 e. The van der Waals surface area contributed by atoms with Gasteiger partial charge >= 0.3 is 0 Å². The Morgan fingerprint density at radius 2 is 1.72 bits per heavy atom. The van der Waals surface area contributed by atoms with Crippen molar-refractivity contribution in [3.63, 3.8) is 0 Å². The normalized spacial score (nSPS) is 10.4. The molecule has 0 spiro atoms. The van der Waals surface area contributed by atoms with Gasteiger partial charge in [0, 0.05) is 11.4 Å². The Morgan fingerprint density at radius 1 is 1.04 bits per heavy atom. The molecule has 0 aliphatic carbocycles. The van der Waals surface area contributed by atoms with Crippen molar-refractivity contribution >= 4 is 23.4 Å². The van der Waals surface area contributed by atoms with Gasteiger partial charge in [-0.2, -0.15) is 0 Å². The first kappa shape index (κ1) is 19.2. The zero-order valence-electron chi connectivity index (χ0n) is 15.0. The van der Waals surface area contributed by atoms with Crippen LogP contribution in [-0.2, 0) is 4.79 Å². The summed E-state index contributed by atoms with van der Waals surface area (Å²) in [5.41, 5.74) is 3.09. The van der Waals surface area contributed by atoms with Crippen molar-refractivity contribution in [3.8, 4) is 11.5 Å². The third-order valence-corrected chi connectivity index (χ3v) is 4.45. The van der Waals surface area contributed by atoms with Crippen molar-refractivity contribution < 1.29 is 14.3 Å². The lowest BCUT2D eigenvalue weighted by molar-refractivity contribution is -0.113. The predicted octanol–water partition coefficient (Wildman–Crippen LogP) is 4.45. The number of carbonyl (C=O) groups is 1. The number of ether oxygens (including phenoxy) is 2. The quantitative estimate of drug-likeness (QED) is 0.672. The standard InChI is InChI=1S/C20H25NO3S/c1-4-23-17-7-9-18(10-8-17)24-11-12-25-14-20(22)21-19-13-15(2)5-6-16(19)3/h5-10,13H,4,11-12,14H2,1-3H3,(H,21,22). The molecule has 1 N–H and O–H groups in total. The second kappa shape index (κ2) is 9.99. The first-order chi connectivity index (χ1) is 12.1. The van der Waals surface area contributed by atoms with E-state index >= 15 is 0 Å². The Labute approximate surface area is 153 Å². The van der Waals surface area contributed by atoms with E-state index in [4.69, 9.17) is 9.47 Å². The third kappa shape index (κ3) is 6.70. The summed E-state index contributed by atoms with van der Waals surface area (Å²) < 4.78 is 11.1. The van der Waals surface area contributed by atoms with E-state index in [9.17, 15) is 4.79 Å². The average molecular weight is 359 g/mol. The maximum Gasteiger partial charge on any atom is 0.234 e. The Bertz CT molecular complexity index is 686. The largest absolute Gasteiger partial charge is 0.494 e. The van der Waals surface area contributed by atoms with Crippen LogP contribution in [0.15, 0.2) is 42.5 Å². The van der Waals surface area contributed by atoms with E-state index in [1.54, 1.807) is 11.8 Å². The van der Waals surface area contributed by atoms with Crippen molar-refractivity contribution in [1.29, 1.82) is 0 Å². The summed E-state index contributed by atoms with van der Waals surface area (Å²) in [6.45, 7) is 7.18. The van der Waals surface area contributed by atoms with Gasteiger partial charge in [0.25, 0.3) is 0 Å². The summed E-state index contributed by atoms with van der Waals surface area (Å²) in [7, 11) is 0. The maximum absolute atomic E-state index is 12.0. The van der Waals surface area contributed by atoms with Gasteiger partial charge < -0.3 is 14.8 Å². The van der Waals surface area contributed by atoms with Crippen molar-refractivity contribution in [1.82, 2.24) is 0 Å². The molecule has 2 aromatic carbocycles. The number of rotatable bonds is 9. The minimum atomic E-state index is 0.0137. The van der Waals surface area contributed by atoms with Crippen LogP contribution in [0.3, 0.4) is 0 Å². The Kier molecular flexibility index (Phi) is 7.67. The van der Waals surface area contributed by atoms with Crippen LogP contribution in [0.5, 0.6) is 11.5 Å². The van der Waals surface area contributed by atoms with Crippen LogP contribution < -0.4 is 14.8 Å². The lowest BCUT2D eigenvalue weighted by atomic mass is 10.1. The summed E-state index contributed by atoms with van der Waals surface area (Å²) in [5, 5.41) is 2.96. The van der Waals surface area contributed by atoms with Gasteiger partial charge in [-0.05, 0) is 62.2 Å². The van der Waals surface area contributed by atoms with Crippen LogP contribution in [0.1, 0.15) is 18.1 Å². The fraction of sp³-hybridized carbons (Fsp3) is 0.350. The van der Waals surface area contributed by atoms with Crippen LogP contribution in [0.2, 0.25) is 0 Å². The highest BCUT2D eigenvalue weighted by atomic mass is 32.2. The number of benzene rings is 2. The molecule has 0 aliphatic heterocycles. The summed E-state index contributed by atoms with van der Waals surface area (Å²) in [4.78, 5) is 12.0. The summed E-state index contributed by atoms with van der Waals surface area (Å²) in [6.07, 6.45) is 0. The summed E-state index contributed by atoms with van der Waals surface area (Å²) in [6, 6.07) is 13.6. The van der Waals surface area contributed by atoms with E-state index in [1.807, 2.05) is 63.2 Å². The molecule has 0 aliphatic rings. The second-order valence-corrected chi connectivity index (χ2v) is 6.78. The molecule has 0 saturated carbocycles. The molecule has 0 atom stereocenters. The number of amides is 1. The van der Waals surface area contributed by atoms with Crippen molar-refractivity contribution in [2.45, 2.75) is 20.8 Å². The maximum atomic E-state index is 12.0. The monoisotopic (exact) mass is 359 g/mol. The molecule has 0 aromatic heterocycles. The number of anilines is 1. The second-order valence-electron chi connectivity index (χ2n) is 5.67. The van der Waals surface area contributed by atoms with Gasteiger partial charge in [0.15, 0.2) is 0 Å². The lowest BCUT2D eigenvalue weighted by Crippen LogP contribution is -2.16. The molecule has 4 nitrogen and oxygen atoms in total. The van der Waals surface area contributed by atoms with Crippen LogP contribution >= 0.6 is 11.8 Å². The molecule has 25 heavy (non-hydrogen) atoms. The molecule has 2 rings (SSSR count). The molecule has 0 fully saturated rings. The van der Waals surface area contributed by atoms with Gasteiger partial charge in [0.05, 0.1) is 19.0 Å². The minimum absolute atomic E-state index is 0.0137. The first-order valence-electron chi connectivity index (χ1n) is 8.39. The zero-order chi connectivity index (χ0) is 18.1. The number of nitrogens with one attached hydrogen (secondary N) is 1. The summed E-state index contributed by atoms with van der Waals surface area (Å²) >= 11 is 1.56. The van der Waals surface area contributed by atoms with E-state index in [1.165, 1.54) is 0 Å². The number of thioether (sulfide) groups is 1. The first-order valence-corrected chi connectivity index (χ1v) is 9.54. The molecule has 134 valence electrons. The highest BCUT2D eigenvalue weighted by Gasteiger charge is 2.05. The lowest BCUT2D eigenvalue weighted by Gasteiger charge is -2.10. The molecular formula is C20H25NO3S. The Balaban J connectivity index is 1.65. The molecule has 0 bridgehead atoms. The number of hydrogen-bond acceptors (Lipinski definition) is 4. The van der Waals surface area contributed by atoms with Crippen LogP contribution in [0.4, 0.5) is 5.69 Å². The van der Waals surface area contributed by atoms with E-state index in [0.717, 1.165) is 34.1 Å². The van der Waals surface area contributed by atoms with Gasteiger partial charge in [-0.25, -0.2) is 0 Å². The van der Waals surface area contributed by atoms with Crippen LogP contribution in [-0.4, -0.2) is 30.6 Å². The fourth-order valence-electron chi connectivity index (χ4n) is 2.24. The summed E-state index contributed by atoms with van der Waals surface area (Å²) in [5.74, 6) is 2.84. The fourth-order valence-corrected chi connectivity index (χ4v) is 2.84. The van der Waals surface area contributed by atoms with Crippen molar-refractivity contribution in [2.24, 2.45) is 0 Å². The molecule has 0 unspecified atom stereocenters. The van der Waals surface area contributed by atoms with Crippen LogP contribution in [0, 0.1) is 13.8 Å². The van der Waals surface area contributed by atoms with E-state index in [2.05, 4.69) is 5.32 Å². The van der Waals surface area contributed by atoms with Gasteiger partial charge in [-0.15, -0.1) is 11.8 Å². The highest BCUT2D eigenvalue weighted by molar-refractivity contribution is 7.99. The van der Waals surface area contributed by atoms with Gasteiger partial charge in [0.1, 0.15) is 11.5 Å². The van der Waals surface area contributed by atoms with Gasteiger partial charge in [-0.1, -0.05) is 12.1 Å². The van der Waals surface area contributed by atoms with E-state index in [-0.39, 0.29) is 5.91 Å². The molecular weight excluding hydrogens is 334 g/mol. The highest BCUT2D eigenvalue weighted by Crippen LogP contribution is 2.18. The molecule has 0 radical (unpaired) electrons.